The molecule has 3 nitrogen and oxygen atoms in total. The van der Waals surface area contributed by atoms with Crippen molar-refractivity contribution >= 4 is 11.6 Å². The quantitative estimate of drug-likeness (QED) is 0.887. The summed E-state index contributed by atoms with van der Waals surface area (Å²) in [5.74, 6) is 0.784. The van der Waals surface area contributed by atoms with E-state index in [9.17, 15) is 4.39 Å². The third-order valence-corrected chi connectivity index (χ3v) is 3.35. The van der Waals surface area contributed by atoms with Gasteiger partial charge >= 0.3 is 0 Å². The van der Waals surface area contributed by atoms with Crippen LogP contribution in [0.5, 0.6) is 11.5 Å². The average Bonchev–Trinajstić information content (AvgIpc) is 2.49. The summed E-state index contributed by atoms with van der Waals surface area (Å²) in [5, 5.41) is 0.0995. The van der Waals surface area contributed by atoms with Gasteiger partial charge < -0.3 is 15.2 Å². The fourth-order valence-corrected chi connectivity index (χ4v) is 2.06. The highest BCUT2D eigenvalue weighted by atomic mass is 35.5. The Morgan fingerprint density at radius 1 is 1.10 bits per heavy atom. The molecule has 0 amide bonds. The van der Waals surface area contributed by atoms with E-state index < -0.39 is 5.82 Å². The zero-order chi connectivity index (χ0) is 15.2. The van der Waals surface area contributed by atoms with E-state index in [0.717, 1.165) is 12.0 Å². The van der Waals surface area contributed by atoms with Crippen LogP contribution in [0.1, 0.15) is 11.1 Å². The van der Waals surface area contributed by atoms with Crippen LogP contribution >= 0.6 is 11.6 Å². The lowest BCUT2D eigenvalue weighted by Gasteiger charge is -2.12. The molecule has 0 fully saturated rings. The van der Waals surface area contributed by atoms with Crippen LogP contribution in [-0.2, 0) is 13.0 Å². The van der Waals surface area contributed by atoms with Crippen LogP contribution in [0.3, 0.4) is 0 Å². The Labute approximate surface area is 128 Å². The smallest absolute Gasteiger partial charge is 0.161 e. The van der Waals surface area contributed by atoms with Crippen LogP contribution in [0.15, 0.2) is 36.4 Å². The van der Waals surface area contributed by atoms with Crippen molar-refractivity contribution in [3.63, 3.8) is 0 Å². The van der Waals surface area contributed by atoms with Crippen LogP contribution in [-0.4, -0.2) is 13.7 Å². The first-order valence-corrected chi connectivity index (χ1v) is 6.95. The Morgan fingerprint density at radius 2 is 1.86 bits per heavy atom. The number of hydrogen-bond acceptors (Lipinski definition) is 3. The van der Waals surface area contributed by atoms with Crippen molar-refractivity contribution in [1.82, 2.24) is 0 Å². The van der Waals surface area contributed by atoms with E-state index in [-0.39, 0.29) is 11.6 Å². The number of ether oxygens (including phenoxy) is 2. The maximum absolute atomic E-state index is 13.4. The van der Waals surface area contributed by atoms with Gasteiger partial charge in [-0.2, -0.15) is 0 Å². The lowest BCUT2D eigenvalue weighted by molar-refractivity contribution is 0.284. The molecule has 21 heavy (non-hydrogen) atoms. The molecule has 0 bridgehead atoms. The Morgan fingerprint density at radius 3 is 2.52 bits per heavy atom. The van der Waals surface area contributed by atoms with Gasteiger partial charge in [0.2, 0.25) is 0 Å². The molecule has 112 valence electrons. The predicted molar refractivity (Wildman–Crippen MR) is 81.5 cm³/mol. The van der Waals surface area contributed by atoms with Gasteiger partial charge in [0.15, 0.2) is 11.5 Å². The molecule has 0 unspecified atom stereocenters. The zero-order valence-corrected chi connectivity index (χ0v) is 12.5. The summed E-state index contributed by atoms with van der Waals surface area (Å²) in [7, 11) is 1.58. The summed E-state index contributed by atoms with van der Waals surface area (Å²) in [5.41, 5.74) is 7.31. The van der Waals surface area contributed by atoms with Gasteiger partial charge in [0, 0.05) is 0 Å². The fraction of sp³-hybridized carbons (Fsp3) is 0.250. The van der Waals surface area contributed by atoms with Crippen molar-refractivity contribution in [1.29, 1.82) is 0 Å². The summed E-state index contributed by atoms with van der Waals surface area (Å²) in [6, 6.07) is 10.3. The van der Waals surface area contributed by atoms with E-state index in [1.165, 1.54) is 12.1 Å². The number of nitrogens with two attached hydrogens (primary N) is 1. The summed E-state index contributed by atoms with van der Waals surface area (Å²) in [4.78, 5) is 0. The molecule has 0 saturated carbocycles. The zero-order valence-electron chi connectivity index (χ0n) is 11.7. The molecule has 0 saturated heterocycles. The van der Waals surface area contributed by atoms with Crippen molar-refractivity contribution in [2.24, 2.45) is 5.73 Å². The number of hydrogen-bond donors (Lipinski definition) is 1. The van der Waals surface area contributed by atoms with Crippen LogP contribution in [0.4, 0.5) is 4.39 Å². The maximum atomic E-state index is 13.4. The topological polar surface area (TPSA) is 44.5 Å². The minimum absolute atomic E-state index is 0.0995. The predicted octanol–water partition coefficient (Wildman–Crippen LogP) is 3.57. The summed E-state index contributed by atoms with van der Waals surface area (Å²) >= 11 is 5.65. The van der Waals surface area contributed by atoms with Crippen LogP contribution in [0.2, 0.25) is 5.02 Å². The Kier molecular flexibility index (Phi) is 5.42. The van der Waals surface area contributed by atoms with Gasteiger partial charge in [-0.15, -0.1) is 0 Å². The molecule has 0 aromatic heterocycles. The van der Waals surface area contributed by atoms with Crippen molar-refractivity contribution in [3.8, 4) is 11.5 Å². The van der Waals surface area contributed by atoms with Gasteiger partial charge in [-0.3, -0.25) is 0 Å². The first-order valence-electron chi connectivity index (χ1n) is 6.57. The largest absolute Gasteiger partial charge is 0.493 e. The Hall–Kier alpha value is -1.78. The van der Waals surface area contributed by atoms with Gasteiger partial charge in [0.25, 0.3) is 0 Å². The molecule has 2 rings (SSSR count). The molecule has 2 N–H and O–H groups in total. The fourth-order valence-electron chi connectivity index (χ4n) is 1.94. The molecular weight excluding hydrogens is 293 g/mol. The standard InChI is InChI=1S/C16H17ClFNO2/c1-20-16-9-11(6-7-19)3-5-15(16)21-10-12-2-4-13(17)14(18)8-12/h2-5,8-9H,6-7,10,19H2,1H3. The lowest BCUT2D eigenvalue weighted by Crippen LogP contribution is -2.03. The van der Waals surface area contributed by atoms with Gasteiger partial charge in [0.05, 0.1) is 12.1 Å². The van der Waals surface area contributed by atoms with Crippen molar-refractivity contribution in [2.75, 3.05) is 13.7 Å². The average molecular weight is 310 g/mol. The molecule has 0 atom stereocenters. The maximum Gasteiger partial charge on any atom is 0.161 e. The summed E-state index contributed by atoms with van der Waals surface area (Å²) in [6.45, 7) is 0.814. The van der Waals surface area contributed by atoms with Gasteiger partial charge in [-0.1, -0.05) is 23.7 Å². The van der Waals surface area contributed by atoms with Crippen molar-refractivity contribution < 1.29 is 13.9 Å². The van der Waals surface area contributed by atoms with E-state index in [1.807, 2.05) is 18.2 Å². The molecule has 5 heteroatoms. The van der Waals surface area contributed by atoms with Crippen molar-refractivity contribution in [3.05, 3.63) is 58.4 Å². The Bertz CT molecular complexity index is 619. The molecule has 2 aromatic carbocycles. The SMILES string of the molecule is COc1cc(CCN)ccc1OCc1ccc(Cl)c(F)c1. The van der Waals surface area contributed by atoms with Crippen LogP contribution < -0.4 is 15.2 Å². The van der Waals surface area contributed by atoms with Gasteiger partial charge in [-0.25, -0.2) is 4.39 Å². The van der Waals surface area contributed by atoms with Crippen LogP contribution in [0, 0.1) is 5.82 Å². The second-order valence-corrected chi connectivity index (χ2v) is 4.97. The lowest BCUT2D eigenvalue weighted by atomic mass is 10.1. The van der Waals surface area contributed by atoms with Crippen molar-refractivity contribution in [2.45, 2.75) is 13.0 Å². The summed E-state index contributed by atoms with van der Waals surface area (Å²) < 4.78 is 24.3. The van der Waals surface area contributed by atoms with E-state index in [2.05, 4.69) is 0 Å². The minimum Gasteiger partial charge on any atom is -0.493 e. The first-order chi connectivity index (χ1) is 10.1. The van der Waals surface area contributed by atoms with E-state index in [0.29, 0.717) is 23.6 Å². The highest BCUT2D eigenvalue weighted by Gasteiger charge is 2.07. The number of halogens is 2. The second kappa shape index (κ2) is 7.29. The van der Waals surface area contributed by atoms with Crippen LogP contribution in [0.25, 0.3) is 0 Å². The number of benzene rings is 2. The molecule has 2 aromatic rings. The molecule has 0 aliphatic heterocycles. The molecule has 0 spiro atoms. The first kappa shape index (κ1) is 15.6. The minimum atomic E-state index is -0.456. The second-order valence-electron chi connectivity index (χ2n) is 4.56. The van der Waals surface area contributed by atoms with E-state index >= 15 is 0 Å². The monoisotopic (exact) mass is 309 g/mol. The highest BCUT2D eigenvalue weighted by Crippen LogP contribution is 2.29. The Balaban J connectivity index is 2.10. The van der Waals surface area contributed by atoms with E-state index in [4.69, 9.17) is 26.8 Å². The normalized spacial score (nSPS) is 10.5. The molecule has 0 aliphatic carbocycles. The molecule has 0 radical (unpaired) electrons. The summed E-state index contributed by atoms with van der Waals surface area (Å²) in [6.07, 6.45) is 0.777. The van der Waals surface area contributed by atoms with Gasteiger partial charge in [0.1, 0.15) is 12.4 Å². The van der Waals surface area contributed by atoms with E-state index in [1.54, 1.807) is 13.2 Å². The highest BCUT2D eigenvalue weighted by molar-refractivity contribution is 6.30. The third-order valence-electron chi connectivity index (χ3n) is 3.04. The van der Waals surface area contributed by atoms with Gasteiger partial charge in [-0.05, 0) is 48.4 Å². The molecule has 0 heterocycles. The number of rotatable bonds is 6. The molecular formula is C16H17ClFNO2. The molecule has 0 aliphatic rings. The number of methoxy groups -OCH3 is 1. The third kappa shape index (κ3) is 4.09.